The van der Waals surface area contributed by atoms with Crippen molar-refractivity contribution in [2.24, 2.45) is 0 Å². The Bertz CT molecular complexity index is 712. The van der Waals surface area contributed by atoms with Crippen LogP contribution < -0.4 is 5.73 Å². The van der Waals surface area contributed by atoms with E-state index in [9.17, 15) is 0 Å². The Hall–Kier alpha value is -1.82. The number of H-pyrrole nitrogens is 1. The smallest absolute Gasteiger partial charge is 0.146 e. The molecule has 0 unspecified atom stereocenters. The molecule has 3 rings (SSSR count). The van der Waals surface area contributed by atoms with Crippen molar-refractivity contribution in [1.29, 1.82) is 0 Å². The molecule has 2 aromatic heterocycles. The number of aryl methyl sites for hydroxylation is 1. The third kappa shape index (κ3) is 1.60. The molecule has 3 aromatic rings. The zero-order chi connectivity index (χ0) is 12.7. The molecule has 92 valence electrons. The summed E-state index contributed by atoms with van der Waals surface area (Å²) in [7, 11) is 0. The minimum Gasteiger partial charge on any atom is -0.383 e. The van der Waals surface area contributed by atoms with Crippen LogP contribution in [-0.2, 0) is 6.54 Å². The molecule has 0 aliphatic carbocycles. The minimum absolute atomic E-state index is 0.541. The first-order valence-corrected chi connectivity index (χ1v) is 6.45. The predicted molar refractivity (Wildman–Crippen MR) is 75.1 cm³/mol. The van der Waals surface area contributed by atoms with Gasteiger partial charge < -0.3 is 10.3 Å². The molecule has 0 saturated carbocycles. The first-order valence-electron chi connectivity index (χ1n) is 5.65. The third-order valence-corrected chi connectivity index (χ3v) is 3.43. The number of imidazole rings is 1. The highest BCUT2D eigenvalue weighted by Gasteiger charge is 2.15. The van der Waals surface area contributed by atoms with Crippen LogP contribution in [0.25, 0.3) is 22.4 Å². The maximum absolute atomic E-state index is 5.87. The zero-order valence-corrected chi connectivity index (χ0v) is 11.4. The van der Waals surface area contributed by atoms with Gasteiger partial charge in [0.05, 0.1) is 22.8 Å². The molecular weight excluding hydrogens is 294 g/mol. The van der Waals surface area contributed by atoms with E-state index in [1.165, 1.54) is 0 Å². The molecule has 0 bridgehead atoms. The number of hydrogen-bond donors (Lipinski definition) is 2. The Balaban J connectivity index is 2.32. The lowest BCUT2D eigenvalue weighted by atomic mass is 10.3. The van der Waals surface area contributed by atoms with Crippen LogP contribution in [0.2, 0.25) is 0 Å². The van der Waals surface area contributed by atoms with Gasteiger partial charge in [-0.25, -0.2) is 4.98 Å². The molecule has 1 aromatic carbocycles. The summed E-state index contributed by atoms with van der Waals surface area (Å²) < 4.78 is 3.14. The largest absolute Gasteiger partial charge is 0.383 e. The van der Waals surface area contributed by atoms with E-state index >= 15 is 0 Å². The summed E-state index contributed by atoms with van der Waals surface area (Å²) in [5.41, 5.74) is 8.74. The minimum atomic E-state index is 0.541. The molecule has 5 nitrogen and oxygen atoms in total. The van der Waals surface area contributed by atoms with Crippen LogP contribution in [0, 0.1) is 0 Å². The Kier molecular flexibility index (Phi) is 2.59. The standard InChI is InChI=1S/C12H12BrN5/c1-2-18-10-4-3-7(13)5-9(10)16-12(18)8-6-15-17-11(8)14/h3-6H,2H2,1H3,(H3,14,15,17). The Morgan fingerprint density at radius 3 is 2.94 bits per heavy atom. The van der Waals surface area contributed by atoms with E-state index in [4.69, 9.17) is 5.73 Å². The molecule has 0 radical (unpaired) electrons. The first kappa shape index (κ1) is 11.3. The van der Waals surface area contributed by atoms with Gasteiger partial charge in [0.15, 0.2) is 0 Å². The quantitative estimate of drug-likeness (QED) is 0.764. The fourth-order valence-electron chi connectivity index (χ4n) is 2.10. The Morgan fingerprint density at radius 2 is 2.28 bits per heavy atom. The third-order valence-electron chi connectivity index (χ3n) is 2.94. The van der Waals surface area contributed by atoms with Crippen LogP contribution >= 0.6 is 15.9 Å². The number of nitrogen functional groups attached to an aromatic ring is 1. The summed E-state index contributed by atoms with van der Waals surface area (Å²) >= 11 is 3.46. The van der Waals surface area contributed by atoms with Gasteiger partial charge in [-0.2, -0.15) is 5.10 Å². The molecule has 0 aliphatic heterocycles. The molecule has 0 aliphatic rings. The van der Waals surface area contributed by atoms with Gasteiger partial charge in [-0.15, -0.1) is 0 Å². The number of nitrogens with zero attached hydrogens (tertiary/aromatic N) is 3. The average Bonchev–Trinajstić information content (AvgIpc) is 2.91. The van der Waals surface area contributed by atoms with E-state index in [1.807, 2.05) is 12.1 Å². The summed E-state index contributed by atoms with van der Waals surface area (Å²) in [5.74, 6) is 1.39. The fraction of sp³-hybridized carbons (Fsp3) is 0.167. The van der Waals surface area contributed by atoms with Crippen molar-refractivity contribution in [2.75, 3.05) is 5.73 Å². The van der Waals surface area contributed by atoms with Crippen LogP contribution in [0.5, 0.6) is 0 Å². The highest BCUT2D eigenvalue weighted by molar-refractivity contribution is 9.10. The number of hydrogen-bond acceptors (Lipinski definition) is 3. The van der Waals surface area contributed by atoms with Crippen molar-refractivity contribution in [1.82, 2.24) is 19.7 Å². The van der Waals surface area contributed by atoms with Crippen LogP contribution in [-0.4, -0.2) is 19.7 Å². The van der Waals surface area contributed by atoms with E-state index in [0.717, 1.165) is 33.4 Å². The number of fused-ring (bicyclic) bond motifs is 1. The second-order valence-corrected chi connectivity index (χ2v) is 4.93. The lowest BCUT2D eigenvalue weighted by molar-refractivity contribution is 0.796. The summed E-state index contributed by atoms with van der Waals surface area (Å²) in [6.07, 6.45) is 1.71. The number of aromatic amines is 1. The van der Waals surface area contributed by atoms with Crippen molar-refractivity contribution < 1.29 is 0 Å². The normalized spacial score (nSPS) is 11.2. The number of rotatable bonds is 2. The predicted octanol–water partition coefficient (Wildman–Crippen LogP) is 2.79. The number of benzene rings is 1. The molecule has 2 heterocycles. The Morgan fingerprint density at radius 1 is 1.44 bits per heavy atom. The Labute approximate surface area is 112 Å². The highest BCUT2D eigenvalue weighted by atomic mass is 79.9. The van der Waals surface area contributed by atoms with Crippen molar-refractivity contribution in [3.63, 3.8) is 0 Å². The number of anilines is 1. The van der Waals surface area contributed by atoms with Gasteiger partial charge in [-0.05, 0) is 25.1 Å². The van der Waals surface area contributed by atoms with E-state index in [-0.39, 0.29) is 0 Å². The van der Waals surface area contributed by atoms with Crippen molar-refractivity contribution in [2.45, 2.75) is 13.5 Å². The highest BCUT2D eigenvalue weighted by Crippen LogP contribution is 2.28. The molecular formula is C12H12BrN5. The van der Waals surface area contributed by atoms with E-state index in [0.29, 0.717) is 5.82 Å². The number of halogens is 1. The molecule has 3 N–H and O–H groups in total. The van der Waals surface area contributed by atoms with Crippen molar-refractivity contribution >= 4 is 32.8 Å². The molecule has 0 atom stereocenters. The first-order chi connectivity index (χ1) is 8.70. The fourth-order valence-corrected chi connectivity index (χ4v) is 2.45. The lowest BCUT2D eigenvalue weighted by Gasteiger charge is -2.04. The van der Waals surface area contributed by atoms with Gasteiger partial charge in [0.25, 0.3) is 0 Å². The second-order valence-electron chi connectivity index (χ2n) is 4.01. The van der Waals surface area contributed by atoms with E-state index < -0.39 is 0 Å². The maximum Gasteiger partial charge on any atom is 0.146 e. The molecule has 0 amide bonds. The summed E-state index contributed by atoms with van der Waals surface area (Å²) in [5, 5.41) is 6.69. The van der Waals surface area contributed by atoms with Crippen LogP contribution in [0.4, 0.5) is 5.82 Å². The zero-order valence-electron chi connectivity index (χ0n) is 9.81. The number of aromatic nitrogens is 4. The van der Waals surface area contributed by atoms with E-state index in [1.54, 1.807) is 6.20 Å². The van der Waals surface area contributed by atoms with Crippen molar-refractivity contribution in [3.8, 4) is 11.4 Å². The SMILES string of the molecule is CCn1c(-c2cn[nH]c2N)nc2cc(Br)ccc21. The van der Waals surface area contributed by atoms with Gasteiger partial charge in [-0.3, -0.25) is 5.10 Å². The van der Waals surface area contributed by atoms with Crippen molar-refractivity contribution in [3.05, 3.63) is 28.9 Å². The van der Waals surface area contributed by atoms with Crippen LogP contribution in [0.3, 0.4) is 0 Å². The lowest BCUT2D eigenvalue weighted by Crippen LogP contribution is -1.98. The molecule has 0 fully saturated rings. The maximum atomic E-state index is 5.87. The molecule has 6 heteroatoms. The number of nitrogens with one attached hydrogen (secondary N) is 1. The average molecular weight is 306 g/mol. The van der Waals surface area contributed by atoms with Crippen LogP contribution in [0.1, 0.15) is 6.92 Å². The van der Waals surface area contributed by atoms with E-state index in [2.05, 4.69) is 48.7 Å². The molecule has 0 saturated heterocycles. The van der Waals surface area contributed by atoms with Gasteiger partial charge in [0, 0.05) is 11.0 Å². The summed E-state index contributed by atoms with van der Waals surface area (Å²) in [4.78, 5) is 4.64. The van der Waals surface area contributed by atoms with Crippen LogP contribution in [0.15, 0.2) is 28.9 Å². The summed E-state index contributed by atoms with van der Waals surface area (Å²) in [6.45, 7) is 2.92. The summed E-state index contributed by atoms with van der Waals surface area (Å²) in [6, 6.07) is 6.07. The number of nitrogens with two attached hydrogens (primary N) is 1. The topological polar surface area (TPSA) is 72.5 Å². The molecule has 0 spiro atoms. The second kappa shape index (κ2) is 4.13. The van der Waals surface area contributed by atoms with Gasteiger partial charge in [0.1, 0.15) is 11.6 Å². The van der Waals surface area contributed by atoms with Gasteiger partial charge in [0.2, 0.25) is 0 Å². The molecule has 18 heavy (non-hydrogen) atoms. The van der Waals surface area contributed by atoms with Gasteiger partial charge in [-0.1, -0.05) is 15.9 Å². The van der Waals surface area contributed by atoms with Gasteiger partial charge >= 0.3 is 0 Å². The monoisotopic (exact) mass is 305 g/mol.